The van der Waals surface area contributed by atoms with E-state index in [4.69, 9.17) is 0 Å². The van der Waals surface area contributed by atoms with E-state index >= 15 is 0 Å². The molecule has 0 radical (unpaired) electrons. The summed E-state index contributed by atoms with van der Waals surface area (Å²) in [5.74, 6) is 0.465. The predicted molar refractivity (Wildman–Crippen MR) is 148 cm³/mol. The lowest BCUT2D eigenvalue weighted by molar-refractivity contribution is -0.300. The van der Waals surface area contributed by atoms with Crippen LogP contribution in [-0.4, -0.2) is 5.78 Å². The number of rotatable bonds is 4. The van der Waals surface area contributed by atoms with E-state index in [-0.39, 0.29) is 33.5 Å². The quantitative estimate of drug-likeness (QED) is 0.313. The molecule has 1 aliphatic carbocycles. The van der Waals surface area contributed by atoms with Gasteiger partial charge in [-0.2, -0.15) is 0 Å². The summed E-state index contributed by atoms with van der Waals surface area (Å²) in [6, 6.07) is 4.23. The second-order valence-corrected chi connectivity index (χ2v) is 14.1. The molecule has 1 aromatic rings. The number of hydrogen-bond donors (Lipinski definition) is 0. The molecule has 0 aromatic carbocycles. The molecule has 2 aliphatic rings. The Morgan fingerprint density at radius 1 is 0.912 bits per heavy atom. The molecule has 182 valence electrons. The van der Waals surface area contributed by atoms with Crippen molar-refractivity contribution in [2.75, 3.05) is 0 Å². The minimum absolute atomic E-state index is 0.00864. The summed E-state index contributed by atoms with van der Waals surface area (Å²) < 4.78 is 0. The third-order valence-corrected chi connectivity index (χ3v) is 9.44. The molecule has 1 aliphatic heterocycles. The van der Waals surface area contributed by atoms with Gasteiger partial charge in [0.1, 0.15) is 0 Å². The van der Waals surface area contributed by atoms with Crippen LogP contribution in [0.3, 0.4) is 0 Å². The summed E-state index contributed by atoms with van der Waals surface area (Å²) in [7, 11) is 0. The van der Waals surface area contributed by atoms with E-state index in [0.29, 0.717) is 11.8 Å². The molecule has 0 saturated heterocycles. The summed E-state index contributed by atoms with van der Waals surface area (Å²) in [5, 5.41) is 13.0. The fraction of sp³-hybridized carbons (Fsp3) is 0.467. The summed E-state index contributed by atoms with van der Waals surface area (Å²) in [6.07, 6.45) is 7.80. The second-order valence-electron chi connectivity index (χ2n) is 11.9. The van der Waals surface area contributed by atoms with Crippen LogP contribution in [0.2, 0.25) is 0 Å². The molecule has 34 heavy (non-hydrogen) atoms. The van der Waals surface area contributed by atoms with E-state index in [1.165, 1.54) is 19.6 Å². The molecule has 0 bridgehead atoms. The first-order valence-corrected chi connectivity index (χ1v) is 13.7. The minimum Gasteiger partial charge on any atom is -0.871 e. The molecule has 0 amide bonds. The normalized spacial score (nSPS) is 19.8. The zero-order chi connectivity index (χ0) is 25.6. The van der Waals surface area contributed by atoms with Gasteiger partial charge in [0.15, 0.2) is 5.78 Å². The van der Waals surface area contributed by atoms with Crippen LogP contribution in [0.1, 0.15) is 90.5 Å². The average Bonchev–Trinajstić information content (AvgIpc) is 2.73. The van der Waals surface area contributed by atoms with E-state index < -0.39 is 0 Å². The van der Waals surface area contributed by atoms with Crippen LogP contribution in [0.25, 0.3) is 6.08 Å². The van der Waals surface area contributed by atoms with Gasteiger partial charge in [-0.25, -0.2) is 0 Å². The highest BCUT2D eigenvalue weighted by Crippen LogP contribution is 2.45. The Hall–Kier alpha value is -1.91. The largest absolute Gasteiger partial charge is 0.871 e. The van der Waals surface area contributed by atoms with Gasteiger partial charge in [-0.3, -0.25) is 4.79 Å². The molecule has 4 heteroatoms. The number of carbonyl (C=O) groups is 1. The molecule has 0 N–H and O–H groups in total. The highest BCUT2D eigenvalue weighted by molar-refractivity contribution is 8.06. The maximum Gasteiger partial charge on any atom is 0.219 e. The molecule has 1 aromatic heterocycles. The van der Waals surface area contributed by atoms with Crippen molar-refractivity contribution in [1.29, 1.82) is 0 Å². The molecule has 2 heterocycles. The molecular weight excluding hydrogens is 456 g/mol. The molecular formula is C30H38O2S2. The smallest absolute Gasteiger partial charge is 0.219 e. The molecule has 2 nitrogen and oxygen atoms in total. The summed E-state index contributed by atoms with van der Waals surface area (Å²) in [5.41, 5.74) is 2.46. The van der Waals surface area contributed by atoms with Crippen molar-refractivity contribution in [1.82, 2.24) is 0 Å². The zero-order valence-corrected chi connectivity index (χ0v) is 23.9. The number of carbonyl (C=O) groups excluding carboxylic acids is 1. The molecule has 0 atom stereocenters. The van der Waals surface area contributed by atoms with Crippen LogP contribution in [-0.2, 0) is 10.2 Å². The fourth-order valence-corrected chi connectivity index (χ4v) is 5.96. The maximum atomic E-state index is 13.0. The van der Waals surface area contributed by atoms with Crippen molar-refractivity contribution in [2.45, 2.75) is 80.6 Å². The van der Waals surface area contributed by atoms with Gasteiger partial charge >= 0.3 is 0 Å². The molecule has 0 unspecified atom stereocenters. The van der Waals surface area contributed by atoms with Crippen LogP contribution in [0, 0.1) is 11.3 Å². The third kappa shape index (κ3) is 5.83. The van der Waals surface area contributed by atoms with Crippen molar-refractivity contribution in [3.05, 3.63) is 78.0 Å². The van der Waals surface area contributed by atoms with Crippen molar-refractivity contribution >= 4 is 35.0 Å². The number of Topliss-reactive ketones (excluding diaryl/α,β-unsaturated/α-hetero) is 1. The Kier molecular flexibility index (Phi) is 7.55. The van der Waals surface area contributed by atoms with Crippen LogP contribution in [0.4, 0.5) is 0 Å². The number of ketones is 1. The van der Waals surface area contributed by atoms with Crippen LogP contribution in [0.5, 0.6) is 0 Å². The highest BCUT2D eigenvalue weighted by atomic mass is 32.2. The van der Waals surface area contributed by atoms with Crippen molar-refractivity contribution in [2.24, 2.45) is 11.3 Å². The summed E-state index contributed by atoms with van der Waals surface area (Å²) in [6.45, 7) is 21.9. The Morgan fingerprint density at radius 2 is 1.56 bits per heavy atom. The topological polar surface area (TPSA) is 40.1 Å². The molecule has 0 fully saturated rings. The fourth-order valence-electron chi connectivity index (χ4n) is 3.59. The minimum atomic E-state index is -0.156. The molecule has 3 rings (SSSR count). The average molecular weight is 495 g/mol. The Labute approximate surface area is 214 Å². The van der Waals surface area contributed by atoms with Gasteiger partial charge in [0.05, 0.1) is 0 Å². The molecule has 0 spiro atoms. The lowest BCUT2D eigenvalue weighted by Crippen LogP contribution is -2.29. The Morgan fingerprint density at radius 3 is 2.06 bits per heavy atom. The van der Waals surface area contributed by atoms with E-state index in [1.807, 2.05) is 0 Å². The number of hydrogen-bond acceptors (Lipinski definition) is 3. The van der Waals surface area contributed by atoms with Crippen LogP contribution < -0.4 is 5.11 Å². The number of allylic oxidation sites excluding steroid dienone is 8. The van der Waals surface area contributed by atoms with Gasteiger partial charge in [0.2, 0.25) is 21.1 Å². The maximum absolute atomic E-state index is 13.0. The van der Waals surface area contributed by atoms with Crippen LogP contribution in [0.15, 0.2) is 62.6 Å². The van der Waals surface area contributed by atoms with Crippen molar-refractivity contribution in [3.63, 3.8) is 0 Å². The first kappa shape index (κ1) is 26.7. The van der Waals surface area contributed by atoms with Gasteiger partial charge in [-0.15, -0.1) is 0 Å². The van der Waals surface area contributed by atoms with E-state index in [2.05, 4.69) is 93.5 Å². The Bertz CT molecular complexity index is 1160. The number of thioether (sulfide) groups is 1. The summed E-state index contributed by atoms with van der Waals surface area (Å²) >= 11 is 3.61. The lowest BCUT2D eigenvalue weighted by Gasteiger charge is -2.31. The SMILES string of the molecule is CC(C)C1=CC(=CC2=C([O-])C(=Cc3cc(C(C)C)[s+]c(C(C)(C)C)c3)C2=O)C=C(C(C)(C)C)S1. The van der Waals surface area contributed by atoms with Crippen LogP contribution >= 0.6 is 23.1 Å². The van der Waals surface area contributed by atoms with E-state index in [9.17, 15) is 9.90 Å². The predicted octanol–water partition coefficient (Wildman–Crippen LogP) is 8.17. The van der Waals surface area contributed by atoms with Crippen molar-refractivity contribution < 1.29 is 9.90 Å². The van der Waals surface area contributed by atoms with Crippen molar-refractivity contribution in [3.8, 4) is 0 Å². The van der Waals surface area contributed by atoms with Gasteiger partial charge in [-0.05, 0) is 56.6 Å². The standard InChI is InChI=1S/C30H38O2S2/c1-17(2)23-13-19(15-25(33-23)29(5,6)7)11-21-27(31)22(28(21)32)12-20-14-24(18(3)4)34-26(16-20)30(8,9)10/h11-18H,1-10H3. The first-order chi connectivity index (χ1) is 15.6. The van der Waals surface area contributed by atoms with E-state index in [1.54, 1.807) is 35.3 Å². The second kappa shape index (κ2) is 9.62. The van der Waals surface area contributed by atoms with E-state index in [0.717, 1.165) is 11.1 Å². The Balaban J connectivity index is 2.03. The van der Waals surface area contributed by atoms with Gasteiger partial charge in [-0.1, -0.05) is 86.8 Å². The van der Waals surface area contributed by atoms with Gasteiger partial charge in [0.25, 0.3) is 0 Å². The third-order valence-electron chi connectivity index (χ3n) is 5.89. The zero-order valence-electron chi connectivity index (χ0n) is 22.3. The lowest BCUT2D eigenvalue weighted by atomic mass is 9.84. The molecule has 0 saturated carbocycles. The van der Waals surface area contributed by atoms with Gasteiger partial charge < -0.3 is 5.11 Å². The first-order valence-electron chi connectivity index (χ1n) is 12.1. The summed E-state index contributed by atoms with van der Waals surface area (Å²) in [4.78, 5) is 18.1. The van der Waals surface area contributed by atoms with Gasteiger partial charge in [0, 0.05) is 34.6 Å². The highest BCUT2D eigenvalue weighted by Gasteiger charge is 2.30. The monoisotopic (exact) mass is 494 g/mol.